The smallest absolute Gasteiger partial charge is 0.310 e. The first-order valence-corrected chi connectivity index (χ1v) is 3.93. The normalized spacial score (nSPS) is 10.8. The number of imidazole rings is 1. The van der Waals surface area contributed by atoms with Gasteiger partial charge in [0, 0.05) is 14.1 Å². The second-order valence-corrected chi connectivity index (χ2v) is 2.97. The molecule has 0 radical (unpaired) electrons. The Balaban J connectivity index is 2.83. The number of aromatic nitrogens is 4. The molecule has 74 valence electrons. The highest BCUT2D eigenvalue weighted by atomic mass is 19.1. The summed E-state index contributed by atoms with van der Waals surface area (Å²) < 4.78 is 14.5. The highest BCUT2D eigenvalue weighted by Crippen LogP contribution is 2.16. The summed E-state index contributed by atoms with van der Waals surface area (Å²) in [6.07, 6.45) is 0.621. The molecule has 0 aliphatic heterocycles. The Bertz CT molecular complexity index is 476. The Morgan fingerprint density at radius 2 is 2.14 bits per heavy atom. The molecule has 0 atom stereocenters. The lowest BCUT2D eigenvalue weighted by atomic mass is 10.5. The van der Waals surface area contributed by atoms with Crippen LogP contribution in [0.15, 0.2) is 6.33 Å². The Kier molecular flexibility index (Phi) is 1.73. The Morgan fingerprint density at radius 1 is 1.43 bits per heavy atom. The minimum absolute atomic E-state index is 0.175. The van der Waals surface area contributed by atoms with Gasteiger partial charge in [-0.2, -0.15) is 14.1 Å². The van der Waals surface area contributed by atoms with Crippen molar-refractivity contribution in [3.63, 3.8) is 0 Å². The van der Waals surface area contributed by atoms with Crippen molar-refractivity contribution < 1.29 is 4.39 Å². The van der Waals surface area contributed by atoms with Gasteiger partial charge in [0.25, 0.3) is 0 Å². The number of hydrogen-bond acceptors (Lipinski definition) is 5. The molecule has 0 fully saturated rings. The molecule has 2 aromatic heterocycles. The number of nitrogens with two attached hydrogens (primary N) is 1. The minimum atomic E-state index is -0.655. The maximum Gasteiger partial charge on any atom is 0.310 e. The van der Waals surface area contributed by atoms with Gasteiger partial charge in [-0.1, -0.05) is 0 Å². The van der Waals surface area contributed by atoms with E-state index in [0.717, 1.165) is 0 Å². The summed E-state index contributed by atoms with van der Waals surface area (Å²) in [6.45, 7) is 0. The summed E-state index contributed by atoms with van der Waals surface area (Å²) in [5, 5.41) is 1.52. The summed E-state index contributed by atoms with van der Waals surface area (Å²) in [5.74, 6) is 0.175. The quantitative estimate of drug-likeness (QED) is 0.636. The molecule has 0 aliphatic carbocycles. The molecular formula is C7H9FN6. The van der Waals surface area contributed by atoms with Gasteiger partial charge in [0.05, 0.1) is 0 Å². The van der Waals surface area contributed by atoms with Gasteiger partial charge < -0.3 is 10.7 Å². The SMILES string of the molecule is CN(C)n1c(F)nc2c(N)ncnc21. The zero-order valence-corrected chi connectivity index (χ0v) is 7.77. The largest absolute Gasteiger partial charge is 0.382 e. The lowest BCUT2D eigenvalue weighted by Gasteiger charge is -2.13. The number of hydrogen-bond donors (Lipinski definition) is 1. The summed E-state index contributed by atoms with van der Waals surface area (Å²) in [5.41, 5.74) is 6.16. The minimum Gasteiger partial charge on any atom is -0.382 e. The van der Waals surface area contributed by atoms with Crippen LogP contribution < -0.4 is 10.7 Å². The van der Waals surface area contributed by atoms with Crippen molar-refractivity contribution in [3.05, 3.63) is 12.4 Å². The molecule has 14 heavy (non-hydrogen) atoms. The zero-order valence-electron chi connectivity index (χ0n) is 7.77. The highest BCUT2D eigenvalue weighted by molar-refractivity contribution is 5.81. The van der Waals surface area contributed by atoms with Crippen LogP contribution in [0.3, 0.4) is 0 Å². The molecule has 2 aromatic rings. The lowest BCUT2D eigenvalue weighted by Crippen LogP contribution is -2.26. The second-order valence-electron chi connectivity index (χ2n) is 2.97. The van der Waals surface area contributed by atoms with Gasteiger partial charge >= 0.3 is 6.08 Å². The summed E-state index contributed by atoms with van der Waals surface area (Å²) in [4.78, 5) is 11.3. The first-order valence-electron chi connectivity index (χ1n) is 3.93. The van der Waals surface area contributed by atoms with Gasteiger partial charge in [-0.25, -0.2) is 9.97 Å². The van der Waals surface area contributed by atoms with Gasteiger partial charge in [0.15, 0.2) is 17.0 Å². The Morgan fingerprint density at radius 3 is 2.79 bits per heavy atom. The van der Waals surface area contributed by atoms with E-state index in [2.05, 4.69) is 15.0 Å². The highest BCUT2D eigenvalue weighted by Gasteiger charge is 2.15. The molecule has 2 N–H and O–H groups in total. The van der Waals surface area contributed by atoms with Crippen LogP contribution >= 0.6 is 0 Å². The van der Waals surface area contributed by atoms with Crippen LogP contribution in [0, 0.1) is 6.08 Å². The predicted octanol–water partition coefficient (Wildman–Crippen LogP) is -0.255. The van der Waals surface area contributed by atoms with Crippen molar-refractivity contribution in [3.8, 4) is 0 Å². The van der Waals surface area contributed by atoms with Crippen LogP contribution in [0.2, 0.25) is 0 Å². The van der Waals surface area contributed by atoms with Crippen LogP contribution in [0.1, 0.15) is 0 Å². The van der Waals surface area contributed by atoms with E-state index in [4.69, 9.17) is 5.73 Å². The van der Waals surface area contributed by atoms with Gasteiger partial charge in [-0.15, -0.1) is 0 Å². The van der Waals surface area contributed by atoms with Crippen molar-refractivity contribution in [1.29, 1.82) is 0 Å². The Hall–Kier alpha value is -1.92. The predicted molar refractivity (Wildman–Crippen MR) is 49.8 cm³/mol. The third-order valence-corrected chi connectivity index (χ3v) is 1.81. The average Bonchev–Trinajstić information content (AvgIpc) is 2.42. The van der Waals surface area contributed by atoms with Crippen molar-refractivity contribution in [2.45, 2.75) is 0 Å². The second kappa shape index (κ2) is 2.79. The van der Waals surface area contributed by atoms with Crippen LogP contribution in [0.25, 0.3) is 11.2 Å². The maximum atomic E-state index is 13.3. The number of nitrogens with zero attached hydrogens (tertiary/aromatic N) is 5. The van der Waals surface area contributed by atoms with Crippen molar-refractivity contribution >= 4 is 17.0 Å². The number of nitrogen functional groups attached to an aromatic ring is 1. The van der Waals surface area contributed by atoms with Gasteiger partial charge in [0.2, 0.25) is 0 Å². The lowest BCUT2D eigenvalue weighted by molar-refractivity contribution is 0.480. The molecule has 0 spiro atoms. The number of halogens is 1. The molecule has 0 saturated heterocycles. The Labute approximate surface area is 79.2 Å². The van der Waals surface area contributed by atoms with E-state index in [1.54, 1.807) is 14.1 Å². The standard InChI is InChI=1S/C7H9FN6/c1-13(2)14-6-4(12-7(14)8)5(9)10-3-11-6/h3H,1-2H3,(H2,9,10,11). The zero-order chi connectivity index (χ0) is 10.3. The average molecular weight is 196 g/mol. The van der Waals surface area contributed by atoms with Gasteiger partial charge in [0.1, 0.15) is 6.33 Å². The fraction of sp³-hybridized carbons (Fsp3) is 0.286. The molecule has 6 nitrogen and oxygen atoms in total. The number of anilines is 1. The van der Waals surface area contributed by atoms with E-state index >= 15 is 0 Å². The first-order chi connectivity index (χ1) is 6.61. The van der Waals surface area contributed by atoms with Crippen LogP contribution in [0.5, 0.6) is 0 Å². The monoisotopic (exact) mass is 196 g/mol. The topological polar surface area (TPSA) is 72.9 Å². The molecule has 0 saturated carbocycles. The van der Waals surface area contributed by atoms with E-state index < -0.39 is 6.08 Å². The van der Waals surface area contributed by atoms with E-state index in [1.165, 1.54) is 16.0 Å². The molecule has 0 bridgehead atoms. The fourth-order valence-electron chi connectivity index (χ4n) is 1.23. The van der Waals surface area contributed by atoms with Crippen LogP contribution in [-0.2, 0) is 0 Å². The van der Waals surface area contributed by atoms with E-state index in [-0.39, 0.29) is 11.3 Å². The molecule has 2 heterocycles. The maximum absolute atomic E-state index is 13.3. The molecular weight excluding hydrogens is 187 g/mol. The molecule has 7 heteroatoms. The third kappa shape index (κ3) is 1.05. The molecule has 0 aromatic carbocycles. The number of rotatable bonds is 1. The fourth-order valence-corrected chi connectivity index (χ4v) is 1.23. The molecule has 0 amide bonds. The van der Waals surface area contributed by atoms with Crippen LogP contribution in [-0.4, -0.2) is 33.7 Å². The van der Waals surface area contributed by atoms with Crippen molar-refractivity contribution in [1.82, 2.24) is 19.6 Å². The summed E-state index contributed by atoms with van der Waals surface area (Å²) >= 11 is 0. The van der Waals surface area contributed by atoms with E-state index in [0.29, 0.717) is 5.65 Å². The van der Waals surface area contributed by atoms with Gasteiger partial charge in [-0.05, 0) is 0 Å². The summed E-state index contributed by atoms with van der Waals surface area (Å²) in [6, 6.07) is 0. The van der Waals surface area contributed by atoms with Crippen molar-refractivity contribution in [2.75, 3.05) is 24.8 Å². The summed E-state index contributed by atoms with van der Waals surface area (Å²) in [7, 11) is 3.37. The van der Waals surface area contributed by atoms with Crippen LogP contribution in [0.4, 0.5) is 10.2 Å². The molecule has 2 rings (SSSR count). The molecule has 0 aliphatic rings. The van der Waals surface area contributed by atoms with E-state index in [9.17, 15) is 4.39 Å². The number of fused-ring (bicyclic) bond motifs is 1. The van der Waals surface area contributed by atoms with Crippen molar-refractivity contribution in [2.24, 2.45) is 0 Å². The van der Waals surface area contributed by atoms with Gasteiger partial charge in [-0.3, -0.25) is 0 Å². The van der Waals surface area contributed by atoms with E-state index in [1.807, 2.05) is 0 Å². The first kappa shape index (κ1) is 8.67. The molecule has 0 unspecified atom stereocenters. The third-order valence-electron chi connectivity index (χ3n) is 1.81.